The lowest BCUT2D eigenvalue weighted by Gasteiger charge is -2.44. The minimum atomic E-state index is -0.109. The first-order chi connectivity index (χ1) is 30.5. The highest BCUT2D eigenvalue weighted by Crippen LogP contribution is 2.46. The van der Waals surface area contributed by atoms with E-state index in [1.54, 1.807) is 0 Å². The SMILES string of the molecule is Cc1cc2c3c(c1)N(c1ccc(-c4ccccc4)cc1)c1ccc(-c4ccc(C#N)cc4)cc1B3c1cc(-c3ccc(C#N)cc3)ccc1N2c1ccc(-c2ccccc2)cc1. The van der Waals surface area contributed by atoms with Crippen LogP contribution >= 0.6 is 0 Å². The molecule has 288 valence electrons. The molecule has 0 N–H and O–H groups in total. The van der Waals surface area contributed by atoms with Crippen LogP contribution in [0.1, 0.15) is 16.7 Å². The minimum Gasteiger partial charge on any atom is -0.311 e. The van der Waals surface area contributed by atoms with Gasteiger partial charge in [0, 0.05) is 34.1 Å². The molecule has 2 aliphatic heterocycles. The zero-order valence-corrected chi connectivity index (χ0v) is 34.0. The van der Waals surface area contributed by atoms with E-state index >= 15 is 0 Å². The van der Waals surface area contributed by atoms with Gasteiger partial charge < -0.3 is 9.80 Å². The standard InChI is InChI=1S/C57H37BN4/c1-38-32-55-57-56(33-38)62(50-28-22-44(23-29-50)42-10-6-3-7-11-42)54-31-25-48(46-18-14-40(37-60)15-19-46)35-52(54)58(57)51-34-47(45-16-12-39(36-59)13-17-45)24-30-53(51)61(55)49-26-20-43(21-27-49)41-8-4-2-5-9-41/h2-35H,1H3. The predicted octanol–water partition coefficient (Wildman–Crippen LogP) is 12.5. The molecule has 62 heavy (non-hydrogen) atoms. The van der Waals surface area contributed by atoms with E-state index in [0.717, 1.165) is 56.4 Å². The summed E-state index contributed by atoms with van der Waals surface area (Å²) in [5, 5.41) is 19.2. The van der Waals surface area contributed by atoms with E-state index in [-0.39, 0.29) is 6.71 Å². The number of anilines is 6. The van der Waals surface area contributed by atoms with Crippen molar-refractivity contribution in [1.82, 2.24) is 0 Å². The molecule has 11 rings (SSSR count). The summed E-state index contributed by atoms with van der Waals surface area (Å²) in [5.41, 5.74) is 21.8. The third-order valence-corrected chi connectivity index (χ3v) is 12.4. The van der Waals surface area contributed by atoms with Crippen molar-refractivity contribution in [2.24, 2.45) is 0 Å². The van der Waals surface area contributed by atoms with Crippen LogP contribution in [0.25, 0.3) is 44.5 Å². The molecular weight excluding hydrogens is 751 g/mol. The van der Waals surface area contributed by atoms with Crippen molar-refractivity contribution < 1.29 is 0 Å². The maximum atomic E-state index is 9.61. The van der Waals surface area contributed by atoms with Gasteiger partial charge in [-0.05, 0) is 146 Å². The Labute approximate surface area is 362 Å². The Balaban J connectivity index is 1.16. The van der Waals surface area contributed by atoms with E-state index in [1.807, 2.05) is 48.5 Å². The van der Waals surface area contributed by atoms with Gasteiger partial charge in [0.15, 0.2) is 0 Å². The zero-order chi connectivity index (χ0) is 41.7. The van der Waals surface area contributed by atoms with Crippen molar-refractivity contribution in [2.45, 2.75) is 6.92 Å². The number of nitriles is 2. The first-order valence-corrected chi connectivity index (χ1v) is 20.9. The fraction of sp³-hybridized carbons (Fsp3) is 0.0175. The van der Waals surface area contributed by atoms with Gasteiger partial charge in [0.2, 0.25) is 0 Å². The van der Waals surface area contributed by atoms with Crippen molar-refractivity contribution in [3.8, 4) is 56.6 Å². The van der Waals surface area contributed by atoms with Gasteiger partial charge in [0.25, 0.3) is 6.71 Å². The number of hydrogen-bond acceptors (Lipinski definition) is 4. The third-order valence-electron chi connectivity index (χ3n) is 12.4. The average Bonchev–Trinajstić information content (AvgIpc) is 3.34. The predicted molar refractivity (Wildman–Crippen MR) is 256 cm³/mol. The Morgan fingerprint density at radius 3 is 1.08 bits per heavy atom. The van der Waals surface area contributed by atoms with Gasteiger partial charge in [0.1, 0.15) is 0 Å². The number of fused-ring (bicyclic) bond motifs is 4. The lowest BCUT2D eigenvalue weighted by molar-refractivity contribution is 1.24. The smallest absolute Gasteiger partial charge is 0.252 e. The Kier molecular flexibility index (Phi) is 8.89. The molecule has 9 aromatic carbocycles. The number of aryl methyl sites for hydroxylation is 1. The lowest BCUT2D eigenvalue weighted by atomic mass is 9.33. The van der Waals surface area contributed by atoms with Crippen LogP contribution in [0.2, 0.25) is 0 Å². The first kappa shape index (κ1) is 36.7. The number of benzene rings is 9. The Hall–Kier alpha value is -8.38. The molecule has 4 nitrogen and oxygen atoms in total. The summed E-state index contributed by atoms with van der Waals surface area (Å²) < 4.78 is 0. The molecule has 2 aliphatic rings. The van der Waals surface area contributed by atoms with Gasteiger partial charge in [0.05, 0.1) is 23.3 Å². The molecule has 0 spiro atoms. The van der Waals surface area contributed by atoms with E-state index in [0.29, 0.717) is 11.1 Å². The molecule has 5 heteroatoms. The van der Waals surface area contributed by atoms with E-state index in [9.17, 15) is 10.5 Å². The molecule has 0 saturated carbocycles. The Bertz CT molecular complexity index is 3020. The summed E-state index contributed by atoms with van der Waals surface area (Å²) in [5.74, 6) is 0. The third kappa shape index (κ3) is 6.24. The van der Waals surface area contributed by atoms with Crippen molar-refractivity contribution in [1.29, 1.82) is 10.5 Å². The van der Waals surface area contributed by atoms with E-state index < -0.39 is 0 Å². The summed E-state index contributed by atoms with van der Waals surface area (Å²) >= 11 is 0. The average molecular weight is 789 g/mol. The highest BCUT2D eigenvalue weighted by Gasteiger charge is 2.43. The van der Waals surface area contributed by atoms with Crippen LogP contribution in [-0.2, 0) is 0 Å². The van der Waals surface area contributed by atoms with E-state index in [1.165, 1.54) is 44.2 Å². The Morgan fingerprint density at radius 2 is 0.694 bits per heavy atom. The molecule has 0 aliphatic carbocycles. The summed E-state index contributed by atoms with van der Waals surface area (Å²) in [4.78, 5) is 4.89. The van der Waals surface area contributed by atoms with Crippen LogP contribution in [0.3, 0.4) is 0 Å². The molecule has 0 bridgehead atoms. The molecule has 0 unspecified atom stereocenters. The monoisotopic (exact) mass is 788 g/mol. The number of nitrogens with zero attached hydrogens (tertiary/aromatic N) is 4. The molecule has 0 fully saturated rings. The fourth-order valence-corrected chi connectivity index (χ4v) is 9.40. The molecule has 0 amide bonds. The van der Waals surface area contributed by atoms with Crippen molar-refractivity contribution >= 4 is 57.2 Å². The van der Waals surface area contributed by atoms with Crippen LogP contribution in [0.4, 0.5) is 34.1 Å². The van der Waals surface area contributed by atoms with Crippen molar-refractivity contribution in [3.63, 3.8) is 0 Å². The van der Waals surface area contributed by atoms with Crippen LogP contribution in [0.15, 0.2) is 206 Å². The van der Waals surface area contributed by atoms with Gasteiger partial charge in [-0.15, -0.1) is 0 Å². The van der Waals surface area contributed by atoms with E-state index in [2.05, 4.69) is 187 Å². The topological polar surface area (TPSA) is 54.1 Å². The molecule has 0 atom stereocenters. The van der Waals surface area contributed by atoms with Crippen LogP contribution in [0.5, 0.6) is 0 Å². The van der Waals surface area contributed by atoms with Gasteiger partial charge in [-0.2, -0.15) is 10.5 Å². The van der Waals surface area contributed by atoms with Crippen molar-refractivity contribution in [3.05, 3.63) is 223 Å². The molecule has 9 aromatic rings. The van der Waals surface area contributed by atoms with Crippen LogP contribution < -0.4 is 26.2 Å². The maximum Gasteiger partial charge on any atom is 0.252 e. The zero-order valence-electron chi connectivity index (χ0n) is 34.0. The van der Waals surface area contributed by atoms with Crippen LogP contribution in [0, 0.1) is 29.6 Å². The molecule has 0 saturated heterocycles. The van der Waals surface area contributed by atoms with Gasteiger partial charge in [-0.3, -0.25) is 0 Å². The van der Waals surface area contributed by atoms with Crippen LogP contribution in [-0.4, -0.2) is 6.71 Å². The van der Waals surface area contributed by atoms with Gasteiger partial charge in [-0.1, -0.05) is 133 Å². The molecular formula is C57H37BN4. The highest BCUT2D eigenvalue weighted by molar-refractivity contribution is 7.00. The summed E-state index contributed by atoms with van der Waals surface area (Å²) in [7, 11) is 0. The lowest BCUT2D eigenvalue weighted by Crippen LogP contribution is -2.61. The second-order valence-corrected chi connectivity index (χ2v) is 16.1. The maximum absolute atomic E-state index is 9.61. The largest absolute Gasteiger partial charge is 0.311 e. The van der Waals surface area contributed by atoms with Gasteiger partial charge in [-0.25, -0.2) is 0 Å². The Morgan fingerprint density at radius 1 is 0.355 bits per heavy atom. The summed E-state index contributed by atoms with van der Waals surface area (Å²) in [6.45, 7) is 2.09. The van der Waals surface area contributed by atoms with E-state index in [4.69, 9.17) is 0 Å². The minimum absolute atomic E-state index is 0.109. The molecule has 2 heterocycles. The number of rotatable bonds is 6. The van der Waals surface area contributed by atoms with Crippen molar-refractivity contribution in [2.75, 3.05) is 9.80 Å². The normalized spacial score (nSPS) is 12.1. The fourth-order valence-electron chi connectivity index (χ4n) is 9.40. The molecule has 0 aromatic heterocycles. The van der Waals surface area contributed by atoms with Gasteiger partial charge >= 0.3 is 0 Å². The second kappa shape index (κ2) is 15.0. The summed E-state index contributed by atoms with van der Waals surface area (Å²) in [6.07, 6.45) is 0. The molecule has 0 radical (unpaired) electrons. The number of hydrogen-bond donors (Lipinski definition) is 0. The summed E-state index contributed by atoms with van der Waals surface area (Å²) in [6, 6.07) is 77.7. The first-order valence-electron chi connectivity index (χ1n) is 20.9. The second-order valence-electron chi connectivity index (χ2n) is 16.1. The highest BCUT2D eigenvalue weighted by atomic mass is 15.2. The quantitative estimate of drug-likeness (QED) is 0.158.